The fourth-order valence-electron chi connectivity index (χ4n) is 2.75. The van der Waals surface area contributed by atoms with E-state index in [2.05, 4.69) is 10.6 Å². The number of nitrogens with one attached hydrogen (secondary N) is 2. The van der Waals surface area contributed by atoms with Gasteiger partial charge >= 0.3 is 5.97 Å². The van der Waals surface area contributed by atoms with Gasteiger partial charge in [0, 0.05) is 12.8 Å². The number of Topliss-reactive ketones (excluding diaryl/α,β-unsaturated/α-hetero) is 1. The van der Waals surface area contributed by atoms with E-state index in [0.717, 1.165) is 0 Å². The predicted octanol–water partition coefficient (Wildman–Crippen LogP) is -0.179. The number of halogens is 2. The van der Waals surface area contributed by atoms with Gasteiger partial charge in [0.2, 0.25) is 18.2 Å². The highest BCUT2D eigenvalue weighted by molar-refractivity contribution is 5.92. The Morgan fingerprint density at radius 2 is 1.74 bits per heavy atom. The molecule has 0 saturated carbocycles. The first kappa shape index (κ1) is 26.1. The molecule has 0 radical (unpaired) electrons. The average Bonchev–Trinajstić information content (AvgIpc) is 2.73. The van der Waals surface area contributed by atoms with Crippen molar-refractivity contribution in [3.63, 3.8) is 0 Å². The smallest absolute Gasteiger partial charge is 0.326 e. The third kappa shape index (κ3) is 9.62. The summed E-state index contributed by atoms with van der Waals surface area (Å²) in [6.45, 7) is -0.395. The van der Waals surface area contributed by atoms with Crippen LogP contribution < -0.4 is 22.1 Å². The highest BCUT2D eigenvalue weighted by Gasteiger charge is 2.32. The quantitative estimate of drug-likeness (QED) is 0.267. The Morgan fingerprint density at radius 1 is 1.10 bits per heavy atom. The van der Waals surface area contributed by atoms with E-state index < -0.39 is 61.0 Å². The van der Waals surface area contributed by atoms with E-state index in [1.54, 1.807) is 30.3 Å². The van der Waals surface area contributed by atoms with Crippen molar-refractivity contribution in [1.29, 1.82) is 0 Å². The molecule has 0 heterocycles. The van der Waals surface area contributed by atoms with Gasteiger partial charge in [0.05, 0.1) is 18.5 Å². The maximum absolute atomic E-state index is 13.3. The van der Waals surface area contributed by atoms with Crippen LogP contribution in [0.4, 0.5) is 8.78 Å². The summed E-state index contributed by atoms with van der Waals surface area (Å²) in [5, 5.41) is 13.6. The number of carboxylic acid groups (broad SMARTS) is 1. The number of carbonyl (C=O) groups excluding carboxylic acids is 3. The van der Waals surface area contributed by atoms with E-state index >= 15 is 0 Å². The molecule has 0 bridgehead atoms. The molecule has 172 valence electrons. The lowest BCUT2D eigenvalue weighted by atomic mass is 9.99. The van der Waals surface area contributed by atoms with Gasteiger partial charge in [-0.05, 0) is 24.9 Å². The number of hydrogen-bond acceptors (Lipinski definition) is 6. The molecular weight excluding hydrogens is 414 g/mol. The summed E-state index contributed by atoms with van der Waals surface area (Å²) in [7, 11) is 0. The molecule has 3 atom stereocenters. The molecule has 7 N–H and O–H groups in total. The van der Waals surface area contributed by atoms with Crippen LogP contribution in [0, 0.1) is 5.92 Å². The van der Waals surface area contributed by atoms with Gasteiger partial charge in [-0.1, -0.05) is 30.3 Å². The van der Waals surface area contributed by atoms with Crippen LogP contribution in [0.1, 0.15) is 24.8 Å². The summed E-state index contributed by atoms with van der Waals surface area (Å²) in [5.74, 6) is -6.08. The Hall–Kier alpha value is -2.92. The Morgan fingerprint density at radius 3 is 2.29 bits per heavy atom. The highest BCUT2D eigenvalue weighted by atomic mass is 19.3. The number of aliphatic carboxylic acids is 1. The van der Waals surface area contributed by atoms with Crippen molar-refractivity contribution in [2.45, 2.75) is 44.2 Å². The number of carboxylic acids is 1. The van der Waals surface area contributed by atoms with Gasteiger partial charge in [0.15, 0.2) is 5.78 Å². The molecule has 0 aliphatic heterocycles. The molecule has 1 aromatic rings. The monoisotopic (exact) mass is 442 g/mol. The summed E-state index contributed by atoms with van der Waals surface area (Å²) in [4.78, 5) is 47.5. The lowest BCUT2D eigenvalue weighted by Gasteiger charge is -2.19. The van der Waals surface area contributed by atoms with Gasteiger partial charge in [-0.3, -0.25) is 14.4 Å². The molecule has 0 fully saturated rings. The summed E-state index contributed by atoms with van der Waals surface area (Å²) >= 11 is 0. The van der Waals surface area contributed by atoms with Crippen LogP contribution in [-0.2, 0) is 25.6 Å². The Balaban J connectivity index is 2.65. The molecule has 1 rings (SSSR count). The summed E-state index contributed by atoms with van der Waals surface area (Å²) < 4.78 is 26.7. The van der Waals surface area contributed by atoms with Crippen molar-refractivity contribution in [3.8, 4) is 0 Å². The largest absolute Gasteiger partial charge is 0.480 e. The Kier molecular flexibility index (Phi) is 11.3. The van der Waals surface area contributed by atoms with Gasteiger partial charge in [-0.25, -0.2) is 13.6 Å². The normalized spacial score (nSPS) is 13.8. The van der Waals surface area contributed by atoms with Gasteiger partial charge in [0.1, 0.15) is 6.04 Å². The van der Waals surface area contributed by atoms with Crippen molar-refractivity contribution in [2.24, 2.45) is 17.4 Å². The molecule has 11 heteroatoms. The maximum atomic E-state index is 13.3. The number of carbonyl (C=O) groups is 4. The Labute approximate surface area is 178 Å². The molecule has 2 unspecified atom stereocenters. The van der Waals surface area contributed by atoms with E-state index in [0.29, 0.717) is 18.5 Å². The molecule has 0 saturated heterocycles. The fraction of sp³-hybridized carbons (Fsp3) is 0.500. The summed E-state index contributed by atoms with van der Waals surface area (Å²) in [6.07, 6.45) is -3.38. The van der Waals surface area contributed by atoms with Gasteiger partial charge in [0.25, 0.3) is 0 Å². The third-order valence-electron chi connectivity index (χ3n) is 4.53. The minimum absolute atomic E-state index is 0.0497. The number of hydrogen-bond donors (Lipinski definition) is 5. The maximum Gasteiger partial charge on any atom is 0.326 e. The van der Waals surface area contributed by atoms with E-state index in [1.165, 1.54) is 0 Å². The molecule has 0 aliphatic rings. The van der Waals surface area contributed by atoms with Crippen molar-refractivity contribution in [3.05, 3.63) is 35.9 Å². The minimum Gasteiger partial charge on any atom is -0.480 e. The van der Waals surface area contributed by atoms with Crippen LogP contribution >= 0.6 is 0 Å². The number of amides is 2. The standard InChI is InChI=1S/C20H28F2N4O5/c21-18(22)13(16(27)11-25-19(29)14(24)7-4-8-23)10-17(28)26-15(20(30)31)9-12-5-2-1-3-6-12/h1-3,5-6,13-15,18H,4,7-11,23-24H2,(H,25,29)(H,26,28)(H,30,31)/t13?,14?,15-/m0/s1. The van der Waals surface area contributed by atoms with Crippen LogP contribution in [-0.4, -0.2) is 60.3 Å². The predicted molar refractivity (Wildman–Crippen MR) is 108 cm³/mol. The van der Waals surface area contributed by atoms with E-state index in [9.17, 15) is 33.1 Å². The zero-order valence-electron chi connectivity index (χ0n) is 16.9. The zero-order valence-corrected chi connectivity index (χ0v) is 16.9. The van der Waals surface area contributed by atoms with E-state index in [-0.39, 0.29) is 12.8 Å². The van der Waals surface area contributed by atoms with Crippen LogP contribution in [0.2, 0.25) is 0 Å². The number of benzene rings is 1. The van der Waals surface area contributed by atoms with Crippen molar-refractivity contribution in [2.75, 3.05) is 13.1 Å². The first-order chi connectivity index (χ1) is 14.6. The zero-order chi connectivity index (χ0) is 23.4. The second-order valence-electron chi connectivity index (χ2n) is 7.01. The molecular formula is C20H28F2N4O5. The summed E-state index contributed by atoms with van der Waals surface area (Å²) in [6, 6.07) is 6.17. The topological polar surface area (TPSA) is 165 Å². The van der Waals surface area contributed by atoms with Crippen LogP contribution in [0.5, 0.6) is 0 Å². The summed E-state index contributed by atoms with van der Waals surface area (Å²) in [5.41, 5.74) is 11.6. The molecule has 0 aliphatic carbocycles. The van der Waals surface area contributed by atoms with Gasteiger partial charge in [-0.15, -0.1) is 0 Å². The lowest BCUT2D eigenvalue weighted by molar-refractivity contribution is -0.142. The first-order valence-corrected chi connectivity index (χ1v) is 9.76. The van der Waals surface area contributed by atoms with Crippen LogP contribution in [0.3, 0.4) is 0 Å². The van der Waals surface area contributed by atoms with Crippen LogP contribution in [0.25, 0.3) is 0 Å². The third-order valence-corrected chi connectivity index (χ3v) is 4.53. The fourth-order valence-corrected chi connectivity index (χ4v) is 2.75. The molecule has 0 spiro atoms. The molecule has 1 aromatic carbocycles. The van der Waals surface area contributed by atoms with Gasteiger partial charge in [-0.2, -0.15) is 0 Å². The van der Waals surface area contributed by atoms with Gasteiger partial charge < -0.3 is 27.2 Å². The number of ketones is 1. The molecule has 9 nitrogen and oxygen atoms in total. The molecule has 31 heavy (non-hydrogen) atoms. The second kappa shape index (κ2) is 13.4. The van der Waals surface area contributed by atoms with E-state index in [4.69, 9.17) is 11.5 Å². The number of rotatable bonds is 14. The highest BCUT2D eigenvalue weighted by Crippen LogP contribution is 2.16. The van der Waals surface area contributed by atoms with Crippen LogP contribution in [0.15, 0.2) is 30.3 Å². The number of alkyl halides is 2. The molecule has 0 aromatic heterocycles. The average molecular weight is 442 g/mol. The minimum atomic E-state index is -3.17. The second-order valence-corrected chi connectivity index (χ2v) is 7.01. The SMILES string of the molecule is NCCCC(N)C(=O)NCC(=O)C(CC(=O)N[C@@H](Cc1ccccc1)C(=O)O)C(F)F. The first-order valence-electron chi connectivity index (χ1n) is 9.76. The van der Waals surface area contributed by atoms with Crippen molar-refractivity contribution >= 4 is 23.6 Å². The Bertz CT molecular complexity index is 748. The van der Waals surface area contributed by atoms with Crippen molar-refractivity contribution in [1.82, 2.24) is 10.6 Å². The lowest BCUT2D eigenvalue weighted by Crippen LogP contribution is -2.46. The number of nitrogens with two attached hydrogens (primary N) is 2. The van der Waals surface area contributed by atoms with Crippen molar-refractivity contribution < 1.29 is 33.1 Å². The van der Waals surface area contributed by atoms with E-state index in [1.807, 2.05) is 0 Å². The molecule has 2 amide bonds.